The summed E-state index contributed by atoms with van der Waals surface area (Å²) in [5.41, 5.74) is 16.8. The van der Waals surface area contributed by atoms with Crippen LogP contribution in [0.1, 0.15) is 113 Å². The molecule has 0 aromatic carbocycles. The second-order valence-electron chi connectivity index (χ2n) is 18.9. The lowest BCUT2D eigenvalue weighted by atomic mass is 9.96. The zero-order valence-electron chi connectivity index (χ0n) is 44.3. The van der Waals surface area contributed by atoms with Gasteiger partial charge in [0.25, 0.3) is 0 Å². The van der Waals surface area contributed by atoms with Crippen molar-refractivity contribution in [2.45, 2.75) is 185 Å². The molecule has 0 aliphatic rings. The van der Waals surface area contributed by atoms with Crippen LogP contribution in [0.3, 0.4) is 0 Å². The van der Waals surface area contributed by atoms with Gasteiger partial charge in [-0.1, -0.05) is 40.5 Å². The van der Waals surface area contributed by atoms with Gasteiger partial charge in [-0.05, 0) is 71.3 Å². The monoisotopic (exact) mass is 1100 g/mol. The highest BCUT2D eigenvalue weighted by atomic mass is 16.4. The second kappa shape index (κ2) is 35.3. The molecule has 0 bridgehead atoms. The Bertz CT molecular complexity index is 2060. The maximum absolute atomic E-state index is 14.0. The minimum Gasteiger partial charge on any atom is -0.481 e. The first-order valence-electron chi connectivity index (χ1n) is 24.9. The average Bonchev–Trinajstić information content (AvgIpc) is 3.33. The summed E-state index contributed by atoms with van der Waals surface area (Å²) in [6.07, 6.45) is -5.55. The number of aliphatic carboxylic acids is 3. The van der Waals surface area contributed by atoms with Gasteiger partial charge < -0.3 is 95.7 Å². The van der Waals surface area contributed by atoms with Crippen molar-refractivity contribution in [3.8, 4) is 0 Å². The summed E-state index contributed by atoms with van der Waals surface area (Å²) in [7, 11) is 0. The molecular weight excluding hydrogens is 1020 g/mol. The first-order valence-corrected chi connectivity index (χ1v) is 24.9. The molecule has 0 unspecified atom stereocenters. The fourth-order valence-corrected chi connectivity index (χ4v) is 7.03. The number of carbonyl (C=O) groups is 13. The number of rotatable bonds is 38. The van der Waals surface area contributed by atoms with E-state index in [1.54, 1.807) is 20.8 Å². The molecule has 0 spiro atoms. The number of amides is 10. The molecule has 0 saturated carbocycles. The minimum atomic E-state index is -1.95. The van der Waals surface area contributed by atoms with Crippen molar-refractivity contribution in [1.82, 2.24) is 47.9 Å². The molecule has 438 valence electrons. The highest BCUT2D eigenvalue weighted by Gasteiger charge is 2.38. The smallest absolute Gasteiger partial charge is 0.328 e. The van der Waals surface area contributed by atoms with E-state index in [9.17, 15) is 93.0 Å². The molecule has 0 aromatic rings. The van der Waals surface area contributed by atoms with Gasteiger partial charge in [0.1, 0.15) is 48.3 Å². The van der Waals surface area contributed by atoms with E-state index in [1.807, 2.05) is 5.32 Å². The molecule has 0 radical (unpaired) electrons. The number of hydrogen-bond donors (Lipinski definition) is 18. The Balaban J connectivity index is 6.64. The summed E-state index contributed by atoms with van der Waals surface area (Å²) in [4.78, 5) is 168. The molecule has 0 aliphatic heterocycles. The number of primary amides is 1. The molecule has 0 saturated heterocycles. The number of carboxylic acid groups (broad SMARTS) is 3. The number of carbonyl (C=O) groups excluding carboxylic acids is 10. The van der Waals surface area contributed by atoms with Crippen LogP contribution < -0.4 is 65.1 Å². The number of hydrogen-bond acceptors (Lipinski definition) is 18. The lowest BCUT2D eigenvalue weighted by Crippen LogP contribution is -2.62. The molecule has 31 heteroatoms. The topological polar surface area (TPSA) is 530 Å². The molecule has 13 atom stereocenters. The minimum absolute atomic E-state index is 0.0572. The second-order valence-corrected chi connectivity index (χ2v) is 18.9. The van der Waals surface area contributed by atoms with Gasteiger partial charge in [-0.2, -0.15) is 0 Å². The number of aliphatic hydroxyl groups is 3. The van der Waals surface area contributed by atoms with Crippen LogP contribution in [0.5, 0.6) is 0 Å². The molecule has 0 rings (SSSR count). The van der Waals surface area contributed by atoms with Gasteiger partial charge in [-0.15, -0.1) is 0 Å². The normalized spacial score (nSPS) is 16.2. The molecule has 0 aliphatic carbocycles. The first-order chi connectivity index (χ1) is 35.8. The summed E-state index contributed by atoms with van der Waals surface area (Å²) < 4.78 is 0. The first kappa shape index (κ1) is 69.9. The largest absolute Gasteiger partial charge is 0.481 e. The van der Waals surface area contributed by atoms with Gasteiger partial charge in [0.2, 0.25) is 59.1 Å². The Hall–Kier alpha value is -7.09. The van der Waals surface area contributed by atoms with Gasteiger partial charge in [0.05, 0.1) is 31.3 Å². The van der Waals surface area contributed by atoms with Crippen LogP contribution in [0.2, 0.25) is 0 Å². The van der Waals surface area contributed by atoms with E-state index >= 15 is 0 Å². The number of aliphatic hydroxyl groups excluding tert-OH is 3. The van der Waals surface area contributed by atoms with Crippen LogP contribution in [0.15, 0.2) is 0 Å². The van der Waals surface area contributed by atoms with Crippen LogP contribution in [0.4, 0.5) is 0 Å². The summed E-state index contributed by atoms with van der Waals surface area (Å²) in [5.74, 6) is -16.8. The Morgan fingerprint density at radius 1 is 0.481 bits per heavy atom. The predicted molar refractivity (Wildman–Crippen MR) is 268 cm³/mol. The van der Waals surface area contributed by atoms with E-state index in [2.05, 4.69) is 42.5 Å². The average molecular weight is 1110 g/mol. The molecule has 21 N–H and O–H groups in total. The van der Waals surface area contributed by atoms with Crippen molar-refractivity contribution >= 4 is 77.0 Å². The van der Waals surface area contributed by atoms with Crippen molar-refractivity contribution in [2.24, 2.45) is 29.0 Å². The van der Waals surface area contributed by atoms with Gasteiger partial charge in [-0.3, -0.25) is 57.5 Å². The summed E-state index contributed by atoms with van der Waals surface area (Å²) in [5, 5.41) is 78.7. The Morgan fingerprint density at radius 3 is 1.34 bits per heavy atom. The Morgan fingerprint density at radius 2 is 0.896 bits per heavy atom. The zero-order valence-corrected chi connectivity index (χ0v) is 44.3. The van der Waals surface area contributed by atoms with E-state index < -0.39 is 194 Å². The van der Waals surface area contributed by atoms with Crippen molar-refractivity contribution in [2.75, 3.05) is 13.2 Å². The lowest BCUT2D eigenvalue weighted by Gasteiger charge is -2.30. The van der Waals surface area contributed by atoms with Crippen LogP contribution >= 0.6 is 0 Å². The number of nitrogens with two attached hydrogens (primary N) is 3. The van der Waals surface area contributed by atoms with Gasteiger partial charge in [0.15, 0.2) is 6.04 Å². The third-order valence-electron chi connectivity index (χ3n) is 11.7. The molecule has 31 nitrogen and oxygen atoms in total. The van der Waals surface area contributed by atoms with Gasteiger partial charge in [-0.25, -0.2) is 4.79 Å². The van der Waals surface area contributed by atoms with Crippen LogP contribution in [-0.4, -0.2) is 193 Å². The summed E-state index contributed by atoms with van der Waals surface area (Å²) in [6.45, 7) is 9.06. The predicted octanol–water partition coefficient (Wildman–Crippen LogP) is -6.64. The van der Waals surface area contributed by atoms with Crippen molar-refractivity contribution < 1.29 is 93.0 Å². The van der Waals surface area contributed by atoms with Crippen LogP contribution in [-0.2, 0) is 62.3 Å². The van der Waals surface area contributed by atoms with Crippen LogP contribution in [0.25, 0.3) is 0 Å². The maximum atomic E-state index is 14.0. The molecular formula is C46H80N12O19. The van der Waals surface area contributed by atoms with Crippen molar-refractivity contribution in [1.29, 1.82) is 0 Å². The molecule has 0 aromatic heterocycles. The highest BCUT2D eigenvalue weighted by Crippen LogP contribution is 2.13. The van der Waals surface area contributed by atoms with Crippen molar-refractivity contribution in [3.63, 3.8) is 0 Å². The fourth-order valence-electron chi connectivity index (χ4n) is 7.03. The Kier molecular flexibility index (Phi) is 32.0. The molecule has 0 fully saturated rings. The van der Waals surface area contributed by atoms with Crippen molar-refractivity contribution in [3.05, 3.63) is 0 Å². The number of carboxylic acids is 3. The summed E-state index contributed by atoms with van der Waals surface area (Å²) >= 11 is 0. The number of nitrogens with one attached hydrogen (secondary N) is 9. The van der Waals surface area contributed by atoms with Crippen LogP contribution in [0, 0.1) is 11.8 Å². The van der Waals surface area contributed by atoms with E-state index in [0.717, 1.165) is 20.8 Å². The van der Waals surface area contributed by atoms with E-state index in [-0.39, 0.29) is 25.2 Å². The summed E-state index contributed by atoms with van der Waals surface area (Å²) in [6, 6.07) is -16.5. The van der Waals surface area contributed by atoms with Gasteiger partial charge >= 0.3 is 17.9 Å². The SMILES string of the molecule is CC[C@H](C)[C@H](NC(=O)[C@H](CCC(=O)O)NC(=O)[C@H](CC(N)=O)NC(=O)[C@H](CO)NC(=O)[C@H](CC(C)C)NC(=O)[C@@H](N)CCCCN)C(=O)N[C@@H](CCC(=O)O)C(=O)N[C@H](C(=O)N[C@@H](C)C(=O)N[C@H](C(=O)O)[C@@H](C)O)[C@@H](C)O. The third-order valence-corrected chi connectivity index (χ3v) is 11.7. The zero-order chi connectivity index (χ0) is 59.4. The third kappa shape index (κ3) is 26.5. The standard InChI is InChI=1S/C46H80N12O19/c1-8-21(4)34(44(74)52-27(13-15-33(65)66)40(70)57-35(23(6)60)45(75)50-22(5)37(67)58-36(24(7)61)46(76)77)56-39(69)26(12-14-32(63)64)51-42(72)29(18-31(49)62)54-43(73)30(19-59)55-41(71)28(17-20(2)3)53-38(68)25(48)11-9-10-16-47/h20-30,34-36,59-61H,8-19,47-48H2,1-7H3,(H2,49,62)(H,50,75)(H,51,72)(H,52,74)(H,53,68)(H,54,73)(H,55,71)(H,56,69)(H,57,70)(H,58,67)(H,63,64)(H,65,66)(H,76,77)/t21-,22-,23+,24+,25-,26-,27-,28-,29-,30-,34-,35-,36-/m0/s1. The lowest BCUT2D eigenvalue weighted by molar-refractivity contribution is -0.145. The van der Waals surface area contributed by atoms with E-state index in [0.29, 0.717) is 19.4 Å². The van der Waals surface area contributed by atoms with Gasteiger partial charge in [0, 0.05) is 12.8 Å². The molecule has 0 heterocycles. The van der Waals surface area contributed by atoms with E-state index in [1.165, 1.54) is 6.92 Å². The highest BCUT2D eigenvalue weighted by molar-refractivity contribution is 5.99. The quantitative estimate of drug-likeness (QED) is 0.0256. The maximum Gasteiger partial charge on any atom is 0.328 e. The fraction of sp³-hybridized carbons (Fsp3) is 0.717. The Labute approximate surface area is 444 Å². The molecule has 77 heavy (non-hydrogen) atoms. The molecule has 10 amide bonds. The number of unbranched alkanes of at least 4 members (excludes halogenated alkanes) is 1. The van der Waals surface area contributed by atoms with E-state index in [4.69, 9.17) is 17.2 Å².